The van der Waals surface area contributed by atoms with Crippen LogP contribution in [-0.2, 0) is 9.53 Å². The third-order valence-electron chi connectivity index (χ3n) is 2.91. The van der Waals surface area contributed by atoms with E-state index in [0.717, 1.165) is 0 Å². The van der Waals surface area contributed by atoms with Crippen LogP contribution in [0.15, 0.2) is 28.7 Å². The molecule has 21 heavy (non-hydrogen) atoms. The van der Waals surface area contributed by atoms with E-state index in [0.29, 0.717) is 23.1 Å². The van der Waals surface area contributed by atoms with E-state index in [-0.39, 0.29) is 24.2 Å². The number of rotatable bonds is 5. The van der Waals surface area contributed by atoms with Gasteiger partial charge in [-0.15, -0.1) is 0 Å². The molecule has 1 heterocycles. The molecule has 0 aliphatic carbocycles. The Hall–Kier alpha value is -2.30. The maximum atomic E-state index is 12.0. The van der Waals surface area contributed by atoms with Crippen molar-refractivity contribution in [1.29, 1.82) is 0 Å². The first kappa shape index (κ1) is 15.1. The van der Waals surface area contributed by atoms with Crippen LogP contribution in [0.3, 0.4) is 0 Å². The number of carbonyl (C=O) groups excluding carboxylic acids is 2. The predicted molar refractivity (Wildman–Crippen MR) is 80.3 cm³/mol. The van der Waals surface area contributed by atoms with Gasteiger partial charge in [-0.05, 0) is 25.0 Å². The van der Waals surface area contributed by atoms with Gasteiger partial charge in [0.2, 0.25) is 11.7 Å². The summed E-state index contributed by atoms with van der Waals surface area (Å²) < 4.78 is 10.5. The normalized spacial score (nSPS) is 10.9. The molecule has 0 fully saturated rings. The van der Waals surface area contributed by atoms with Crippen molar-refractivity contribution in [3.8, 4) is 0 Å². The van der Waals surface area contributed by atoms with Crippen molar-refractivity contribution in [2.75, 3.05) is 11.9 Å². The molecule has 112 valence electrons. The molecule has 0 bridgehead atoms. The summed E-state index contributed by atoms with van der Waals surface area (Å²) in [6, 6.07) is 7.17. The van der Waals surface area contributed by atoms with Crippen LogP contribution in [0.5, 0.6) is 0 Å². The lowest BCUT2D eigenvalue weighted by molar-refractivity contribution is -0.116. The Morgan fingerprint density at radius 1 is 1.29 bits per heavy atom. The molecule has 0 saturated carbocycles. The van der Waals surface area contributed by atoms with Gasteiger partial charge >= 0.3 is 5.97 Å². The number of ether oxygens (including phenoxy) is 1. The van der Waals surface area contributed by atoms with Crippen molar-refractivity contribution in [2.45, 2.75) is 27.2 Å². The van der Waals surface area contributed by atoms with E-state index < -0.39 is 5.97 Å². The van der Waals surface area contributed by atoms with Crippen LogP contribution in [0, 0.1) is 5.92 Å². The van der Waals surface area contributed by atoms with Crippen LogP contribution in [0.25, 0.3) is 11.0 Å². The zero-order chi connectivity index (χ0) is 15.4. The van der Waals surface area contributed by atoms with E-state index in [2.05, 4.69) is 5.32 Å². The summed E-state index contributed by atoms with van der Waals surface area (Å²) in [5, 5.41) is 3.46. The standard InChI is InChI=1S/C16H19NO4/c1-4-20-16(19)15-14(17-13(18)9-10(2)3)11-7-5-6-8-12(11)21-15/h5-8,10H,4,9H2,1-3H3,(H,17,18). The molecule has 1 aromatic heterocycles. The van der Waals surface area contributed by atoms with Gasteiger partial charge in [0, 0.05) is 11.8 Å². The maximum Gasteiger partial charge on any atom is 0.376 e. The second-order valence-corrected chi connectivity index (χ2v) is 5.17. The van der Waals surface area contributed by atoms with Crippen molar-refractivity contribution in [2.24, 2.45) is 5.92 Å². The van der Waals surface area contributed by atoms with Crippen LogP contribution in [0.4, 0.5) is 5.69 Å². The van der Waals surface area contributed by atoms with Crippen LogP contribution in [0.1, 0.15) is 37.7 Å². The lowest BCUT2D eigenvalue weighted by Crippen LogP contribution is -2.16. The summed E-state index contributed by atoms with van der Waals surface area (Å²) in [5.74, 6) is -0.458. The number of hydrogen-bond acceptors (Lipinski definition) is 4. The first-order valence-electron chi connectivity index (χ1n) is 7.01. The summed E-state index contributed by atoms with van der Waals surface area (Å²) in [5.41, 5.74) is 0.926. The third-order valence-corrected chi connectivity index (χ3v) is 2.91. The highest BCUT2D eigenvalue weighted by Gasteiger charge is 2.23. The molecule has 0 atom stereocenters. The van der Waals surface area contributed by atoms with Gasteiger partial charge in [0.25, 0.3) is 0 Å². The zero-order valence-electron chi connectivity index (χ0n) is 12.4. The lowest BCUT2D eigenvalue weighted by atomic mass is 10.1. The number of carbonyl (C=O) groups is 2. The average molecular weight is 289 g/mol. The molecule has 2 aromatic rings. The Kier molecular flexibility index (Phi) is 4.62. The Morgan fingerprint density at radius 3 is 2.67 bits per heavy atom. The SMILES string of the molecule is CCOC(=O)c1oc2ccccc2c1NC(=O)CC(C)C. The van der Waals surface area contributed by atoms with Gasteiger partial charge in [0.15, 0.2) is 0 Å². The highest BCUT2D eigenvalue weighted by Crippen LogP contribution is 2.31. The number of amides is 1. The summed E-state index contributed by atoms with van der Waals surface area (Å²) in [6.07, 6.45) is 0.377. The van der Waals surface area contributed by atoms with Crippen LogP contribution < -0.4 is 5.32 Å². The molecule has 0 radical (unpaired) electrons. The number of para-hydroxylation sites is 1. The molecule has 1 N–H and O–H groups in total. The largest absolute Gasteiger partial charge is 0.460 e. The number of fused-ring (bicyclic) bond motifs is 1. The minimum Gasteiger partial charge on any atom is -0.460 e. The van der Waals surface area contributed by atoms with E-state index in [1.165, 1.54) is 0 Å². The number of nitrogens with one attached hydrogen (secondary N) is 1. The van der Waals surface area contributed by atoms with E-state index in [9.17, 15) is 9.59 Å². The average Bonchev–Trinajstić information content (AvgIpc) is 2.77. The number of hydrogen-bond donors (Lipinski definition) is 1. The Bertz CT molecular complexity index is 657. The molecular weight excluding hydrogens is 270 g/mol. The monoisotopic (exact) mass is 289 g/mol. The molecule has 5 heteroatoms. The topological polar surface area (TPSA) is 68.5 Å². The van der Waals surface area contributed by atoms with E-state index in [1.54, 1.807) is 25.1 Å². The predicted octanol–water partition coefficient (Wildman–Crippen LogP) is 3.59. The quantitative estimate of drug-likeness (QED) is 0.854. The number of furan rings is 1. The van der Waals surface area contributed by atoms with Crippen LogP contribution in [0.2, 0.25) is 0 Å². The van der Waals surface area contributed by atoms with Gasteiger partial charge in [-0.2, -0.15) is 0 Å². The molecule has 1 amide bonds. The summed E-state index contributed by atoms with van der Waals surface area (Å²) >= 11 is 0. The lowest BCUT2D eigenvalue weighted by Gasteiger charge is -2.07. The van der Waals surface area contributed by atoms with Crippen LogP contribution >= 0.6 is 0 Å². The maximum absolute atomic E-state index is 12.0. The zero-order valence-corrected chi connectivity index (χ0v) is 12.4. The molecule has 1 aromatic carbocycles. The highest BCUT2D eigenvalue weighted by atomic mass is 16.5. The summed E-state index contributed by atoms with van der Waals surface area (Å²) in [6.45, 7) is 5.88. The molecule has 5 nitrogen and oxygen atoms in total. The fourth-order valence-electron chi connectivity index (χ4n) is 2.07. The van der Waals surface area contributed by atoms with Crippen molar-refractivity contribution in [1.82, 2.24) is 0 Å². The smallest absolute Gasteiger partial charge is 0.376 e. The van der Waals surface area contributed by atoms with Crippen molar-refractivity contribution in [3.05, 3.63) is 30.0 Å². The molecule has 2 rings (SSSR count). The fourth-order valence-corrected chi connectivity index (χ4v) is 2.07. The first-order chi connectivity index (χ1) is 10.0. The van der Waals surface area contributed by atoms with Crippen molar-refractivity contribution in [3.63, 3.8) is 0 Å². The number of benzene rings is 1. The third kappa shape index (κ3) is 3.42. The minimum absolute atomic E-state index is 0.0372. The molecule has 0 spiro atoms. The Labute approximate surface area is 123 Å². The van der Waals surface area contributed by atoms with Gasteiger partial charge in [0.05, 0.1) is 6.61 Å². The second kappa shape index (κ2) is 6.43. The van der Waals surface area contributed by atoms with Crippen molar-refractivity contribution >= 4 is 28.5 Å². The summed E-state index contributed by atoms with van der Waals surface area (Å²) in [4.78, 5) is 24.0. The molecule has 0 aliphatic heterocycles. The molecular formula is C16H19NO4. The molecule has 0 unspecified atom stereocenters. The molecule has 0 aliphatic rings. The highest BCUT2D eigenvalue weighted by molar-refractivity contribution is 6.09. The number of esters is 1. The van der Waals surface area contributed by atoms with Gasteiger partial charge in [-0.3, -0.25) is 4.79 Å². The number of anilines is 1. The minimum atomic E-state index is -0.575. The fraction of sp³-hybridized carbons (Fsp3) is 0.375. The Balaban J connectivity index is 2.40. The summed E-state index contributed by atoms with van der Waals surface area (Å²) in [7, 11) is 0. The molecule has 0 saturated heterocycles. The first-order valence-corrected chi connectivity index (χ1v) is 7.01. The van der Waals surface area contributed by atoms with Crippen molar-refractivity contribution < 1.29 is 18.7 Å². The van der Waals surface area contributed by atoms with Gasteiger partial charge in [0.1, 0.15) is 11.3 Å². The van der Waals surface area contributed by atoms with Gasteiger partial charge < -0.3 is 14.5 Å². The van der Waals surface area contributed by atoms with E-state index >= 15 is 0 Å². The van der Waals surface area contributed by atoms with Gasteiger partial charge in [-0.1, -0.05) is 26.0 Å². The van der Waals surface area contributed by atoms with Crippen LogP contribution in [-0.4, -0.2) is 18.5 Å². The Morgan fingerprint density at radius 2 is 2.00 bits per heavy atom. The van der Waals surface area contributed by atoms with E-state index in [4.69, 9.17) is 9.15 Å². The second-order valence-electron chi connectivity index (χ2n) is 5.17. The van der Waals surface area contributed by atoms with E-state index in [1.807, 2.05) is 19.9 Å². The van der Waals surface area contributed by atoms with Gasteiger partial charge in [-0.25, -0.2) is 4.79 Å².